The second kappa shape index (κ2) is 7.55. The summed E-state index contributed by atoms with van der Waals surface area (Å²) in [7, 11) is 0. The van der Waals surface area contributed by atoms with Gasteiger partial charge in [-0.2, -0.15) is 0 Å². The van der Waals surface area contributed by atoms with Gasteiger partial charge in [0.15, 0.2) is 0 Å². The second-order valence-electron chi connectivity index (χ2n) is 6.25. The summed E-state index contributed by atoms with van der Waals surface area (Å²) in [4.78, 5) is 0. The standard InChI is InChI=1S/C24H20/c1-3-9-19(10-4-1)17-21-13-7-15-23(21)24-16-8-14-22(24)18-20-11-5-2-6-12-20/h1-16H,17-18H2. The summed E-state index contributed by atoms with van der Waals surface area (Å²) in [5.41, 5.74) is 2.72. The summed E-state index contributed by atoms with van der Waals surface area (Å²) >= 11 is 0. The fourth-order valence-electron chi connectivity index (χ4n) is 3.38. The maximum absolute atomic E-state index is 2.25. The van der Waals surface area contributed by atoms with Gasteiger partial charge in [0.2, 0.25) is 0 Å². The lowest BCUT2D eigenvalue weighted by Gasteiger charge is -2.28. The first-order valence-electron chi connectivity index (χ1n) is 8.47. The summed E-state index contributed by atoms with van der Waals surface area (Å²) in [6, 6.07) is 21.4. The zero-order valence-electron chi connectivity index (χ0n) is 13.7. The molecular formula is C24H20. The lowest BCUT2D eigenvalue weighted by Crippen LogP contribution is -2.20. The smallest absolute Gasteiger partial charge is 0.00533 e. The molecule has 0 nitrogen and oxygen atoms in total. The number of hydrogen-bond acceptors (Lipinski definition) is 0. The molecule has 0 saturated heterocycles. The number of benzene rings is 2. The first-order chi connectivity index (χ1) is 11.9. The summed E-state index contributed by atoms with van der Waals surface area (Å²) in [5.74, 6) is 5.55. The molecule has 116 valence electrons. The third-order valence-electron chi connectivity index (χ3n) is 4.58. The highest BCUT2D eigenvalue weighted by Gasteiger charge is 2.42. The van der Waals surface area contributed by atoms with E-state index in [4.69, 9.17) is 0 Å². The van der Waals surface area contributed by atoms with Gasteiger partial charge < -0.3 is 0 Å². The van der Waals surface area contributed by atoms with Gasteiger partial charge in [0.1, 0.15) is 0 Å². The van der Waals surface area contributed by atoms with Crippen LogP contribution in [0.15, 0.2) is 60.7 Å². The van der Waals surface area contributed by atoms with Crippen molar-refractivity contribution in [2.45, 2.75) is 12.8 Å². The van der Waals surface area contributed by atoms with Crippen molar-refractivity contribution < 1.29 is 0 Å². The van der Waals surface area contributed by atoms with Crippen LogP contribution in [0.1, 0.15) is 11.1 Å². The highest BCUT2D eigenvalue weighted by molar-refractivity contribution is 5.64. The van der Waals surface area contributed by atoms with Crippen LogP contribution in [0.25, 0.3) is 0 Å². The van der Waals surface area contributed by atoms with E-state index < -0.39 is 0 Å². The molecule has 0 spiro atoms. The van der Waals surface area contributed by atoms with Gasteiger partial charge in [-0.1, -0.05) is 60.7 Å². The van der Waals surface area contributed by atoms with Gasteiger partial charge in [0.25, 0.3) is 0 Å². The summed E-state index contributed by atoms with van der Waals surface area (Å²) in [5, 5.41) is 0. The maximum Gasteiger partial charge on any atom is -0.00533 e. The predicted molar refractivity (Wildman–Crippen MR) is 99.1 cm³/mol. The lowest BCUT2D eigenvalue weighted by molar-refractivity contribution is 0.874. The van der Waals surface area contributed by atoms with E-state index in [1.165, 1.54) is 34.8 Å². The monoisotopic (exact) mass is 308 g/mol. The Morgan fingerprint density at radius 2 is 0.875 bits per heavy atom. The minimum Gasteiger partial charge on any atom is -0.0622 e. The molecule has 2 aliphatic carbocycles. The summed E-state index contributed by atoms with van der Waals surface area (Å²) in [6.45, 7) is 0. The van der Waals surface area contributed by atoms with Gasteiger partial charge in [-0.25, -0.2) is 0 Å². The molecule has 0 atom stereocenters. The van der Waals surface area contributed by atoms with Crippen molar-refractivity contribution in [2.24, 2.45) is 0 Å². The van der Waals surface area contributed by atoms with Crippen LogP contribution in [0.2, 0.25) is 0 Å². The molecular weight excluding hydrogens is 288 g/mol. The third-order valence-corrected chi connectivity index (χ3v) is 4.58. The molecule has 2 fully saturated rings. The molecule has 0 N–H and O–H groups in total. The third kappa shape index (κ3) is 3.58. The van der Waals surface area contributed by atoms with E-state index in [2.05, 4.69) is 99.2 Å². The van der Waals surface area contributed by atoms with Crippen LogP contribution < -0.4 is 0 Å². The maximum atomic E-state index is 2.25. The van der Waals surface area contributed by atoms with Crippen molar-refractivity contribution in [3.05, 3.63) is 134 Å². The van der Waals surface area contributed by atoms with E-state index in [1.807, 2.05) is 0 Å². The average Bonchev–Trinajstić information content (AvgIpc) is 3.26. The Bertz CT molecular complexity index is 558. The highest BCUT2D eigenvalue weighted by Crippen LogP contribution is 2.51. The number of hydrogen-bond donors (Lipinski definition) is 0. The Kier molecular flexibility index (Phi) is 5.02. The van der Waals surface area contributed by atoms with E-state index in [0.29, 0.717) is 0 Å². The normalized spacial score (nSPS) is 20.8. The van der Waals surface area contributed by atoms with Crippen LogP contribution in [0.5, 0.6) is 0 Å². The van der Waals surface area contributed by atoms with E-state index in [1.54, 1.807) is 0 Å². The van der Waals surface area contributed by atoms with Crippen LogP contribution in [0.3, 0.4) is 0 Å². The molecule has 10 radical (unpaired) electrons. The topological polar surface area (TPSA) is 0 Å². The van der Waals surface area contributed by atoms with Gasteiger partial charge in [-0.15, -0.1) is 0 Å². The molecule has 4 rings (SSSR count). The molecule has 0 heteroatoms. The molecule has 2 saturated carbocycles. The van der Waals surface area contributed by atoms with Gasteiger partial charge >= 0.3 is 0 Å². The second-order valence-corrected chi connectivity index (χ2v) is 6.25. The van der Waals surface area contributed by atoms with Crippen molar-refractivity contribution in [1.82, 2.24) is 0 Å². The SMILES string of the molecule is [CH]1[CH][C](Cc2ccccc2)[C]([C]2[CH][CH][CH][C]2Cc2ccccc2)[CH]1. The molecule has 2 aliphatic rings. The fraction of sp³-hybridized carbons (Fsp3) is 0.0833. The van der Waals surface area contributed by atoms with Crippen molar-refractivity contribution in [3.63, 3.8) is 0 Å². The van der Waals surface area contributed by atoms with E-state index >= 15 is 0 Å². The molecule has 0 aromatic heterocycles. The first kappa shape index (κ1) is 15.9. The van der Waals surface area contributed by atoms with Gasteiger partial charge in [0, 0.05) is 0 Å². The van der Waals surface area contributed by atoms with E-state index in [-0.39, 0.29) is 0 Å². The predicted octanol–water partition coefficient (Wildman–Crippen LogP) is 5.02. The average molecular weight is 308 g/mol. The quantitative estimate of drug-likeness (QED) is 0.727. The van der Waals surface area contributed by atoms with Crippen LogP contribution in [0, 0.1) is 62.2 Å². The molecule has 0 bridgehead atoms. The largest absolute Gasteiger partial charge is 0.0622 e. The van der Waals surface area contributed by atoms with Crippen LogP contribution >= 0.6 is 0 Å². The number of rotatable bonds is 5. The first-order valence-corrected chi connectivity index (χ1v) is 8.47. The van der Waals surface area contributed by atoms with Gasteiger partial charge in [0.05, 0.1) is 0 Å². The van der Waals surface area contributed by atoms with Crippen LogP contribution in [-0.4, -0.2) is 0 Å². The van der Waals surface area contributed by atoms with Gasteiger partial charge in [-0.3, -0.25) is 0 Å². The van der Waals surface area contributed by atoms with E-state index in [0.717, 1.165) is 12.8 Å². The van der Waals surface area contributed by atoms with E-state index in [9.17, 15) is 0 Å². The Morgan fingerprint density at radius 3 is 1.29 bits per heavy atom. The molecule has 0 heterocycles. The Morgan fingerprint density at radius 1 is 0.458 bits per heavy atom. The van der Waals surface area contributed by atoms with Crippen LogP contribution in [-0.2, 0) is 12.8 Å². The van der Waals surface area contributed by atoms with Crippen molar-refractivity contribution in [3.8, 4) is 0 Å². The van der Waals surface area contributed by atoms with Crippen molar-refractivity contribution >= 4 is 0 Å². The van der Waals surface area contributed by atoms with Gasteiger partial charge in [-0.05, 0) is 86.2 Å². The summed E-state index contributed by atoms with van der Waals surface area (Å²) in [6.07, 6.45) is 15.3. The highest BCUT2D eigenvalue weighted by atomic mass is 14.4. The zero-order valence-corrected chi connectivity index (χ0v) is 13.7. The fourth-order valence-corrected chi connectivity index (χ4v) is 3.38. The molecule has 0 amide bonds. The molecule has 0 aliphatic heterocycles. The van der Waals surface area contributed by atoms with Crippen molar-refractivity contribution in [2.75, 3.05) is 0 Å². The molecule has 0 unspecified atom stereocenters. The Hall–Kier alpha value is -1.56. The Balaban J connectivity index is 1.44. The minimum absolute atomic E-state index is 0.985. The van der Waals surface area contributed by atoms with Crippen LogP contribution in [0.4, 0.5) is 0 Å². The molecule has 2 aromatic rings. The lowest BCUT2D eigenvalue weighted by atomic mass is 9.74. The summed E-state index contributed by atoms with van der Waals surface area (Å²) < 4.78 is 0. The van der Waals surface area contributed by atoms with Crippen molar-refractivity contribution in [1.29, 1.82) is 0 Å². The zero-order chi connectivity index (χ0) is 16.2. The Labute approximate surface area is 147 Å². The molecule has 24 heavy (non-hydrogen) atoms. The minimum atomic E-state index is 0.985. The molecule has 2 aromatic carbocycles.